The van der Waals surface area contributed by atoms with Crippen molar-refractivity contribution in [3.8, 4) is 11.5 Å². The van der Waals surface area contributed by atoms with E-state index < -0.39 is 34.4 Å². The molecular weight excluding hydrogens is 589 g/mol. The maximum Gasteiger partial charge on any atom is 0.244 e. The van der Waals surface area contributed by atoms with Gasteiger partial charge < -0.3 is 19.7 Å². The van der Waals surface area contributed by atoms with Gasteiger partial charge in [-0.25, -0.2) is 8.42 Å². The summed E-state index contributed by atoms with van der Waals surface area (Å²) < 4.78 is 38.1. The van der Waals surface area contributed by atoms with E-state index in [1.165, 1.54) is 11.0 Å². The van der Waals surface area contributed by atoms with Crippen LogP contribution in [0.1, 0.15) is 18.1 Å². The average molecular weight is 621 g/mol. The third-order valence-electron chi connectivity index (χ3n) is 6.51. The van der Waals surface area contributed by atoms with Crippen molar-refractivity contribution in [1.82, 2.24) is 10.2 Å². The van der Waals surface area contributed by atoms with Gasteiger partial charge in [-0.05, 0) is 36.8 Å². The van der Waals surface area contributed by atoms with Crippen molar-refractivity contribution in [3.63, 3.8) is 0 Å². The number of ether oxygens (including phenoxy) is 2. The first-order valence-corrected chi connectivity index (χ1v) is 15.6. The highest BCUT2D eigenvalue weighted by Crippen LogP contribution is 2.35. The van der Waals surface area contributed by atoms with Crippen LogP contribution in [0.15, 0.2) is 66.7 Å². The predicted octanol–water partition coefficient (Wildman–Crippen LogP) is 4.31. The maximum atomic E-state index is 14.1. The Kier molecular flexibility index (Phi) is 10.0. The molecule has 0 bridgehead atoms. The van der Waals surface area contributed by atoms with Gasteiger partial charge in [0, 0.05) is 41.2 Å². The summed E-state index contributed by atoms with van der Waals surface area (Å²) in [6.07, 6.45) is 1.20. The van der Waals surface area contributed by atoms with Crippen LogP contribution in [0.5, 0.6) is 11.5 Å². The lowest BCUT2D eigenvalue weighted by molar-refractivity contribution is -0.140. The highest BCUT2D eigenvalue weighted by atomic mass is 35.5. The molecule has 1 atom stereocenters. The first-order valence-electron chi connectivity index (χ1n) is 13.0. The normalized spacial score (nSPS) is 13.3. The standard InChI is InChI=1S/C29H31Cl2N3O6S/c1-3-32-29(36)25(16-20-8-5-4-6-9-20)33(18-22-23(30)10-7-11-24(22)31)28(35)19-34(41(2,37)38)21-12-13-26-27(17-21)40-15-14-39-26/h4-13,17,25H,3,14-16,18-19H2,1-2H3,(H,32,36). The number of nitrogens with zero attached hydrogens (tertiary/aromatic N) is 2. The molecular formula is C29H31Cl2N3O6S. The quantitative estimate of drug-likeness (QED) is 0.343. The van der Waals surface area contributed by atoms with E-state index in [1.807, 2.05) is 30.3 Å². The molecule has 0 aromatic heterocycles. The van der Waals surface area contributed by atoms with Crippen LogP contribution in [0.25, 0.3) is 0 Å². The van der Waals surface area contributed by atoms with Crippen molar-refractivity contribution in [2.75, 3.05) is 36.9 Å². The molecule has 2 amide bonds. The third-order valence-corrected chi connectivity index (χ3v) is 8.35. The Balaban J connectivity index is 1.75. The highest BCUT2D eigenvalue weighted by Gasteiger charge is 2.34. The van der Waals surface area contributed by atoms with E-state index in [-0.39, 0.29) is 18.7 Å². The van der Waals surface area contributed by atoms with E-state index >= 15 is 0 Å². The van der Waals surface area contributed by atoms with Crippen molar-refractivity contribution >= 4 is 50.7 Å². The van der Waals surface area contributed by atoms with E-state index in [0.29, 0.717) is 46.9 Å². The fourth-order valence-electron chi connectivity index (χ4n) is 4.50. The molecule has 9 nitrogen and oxygen atoms in total. The van der Waals surface area contributed by atoms with Crippen LogP contribution in [0.4, 0.5) is 5.69 Å². The number of anilines is 1. The number of amides is 2. The molecule has 1 unspecified atom stereocenters. The summed E-state index contributed by atoms with van der Waals surface area (Å²) in [5.74, 6) is -0.153. The summed E-state index contributed by atoms with van der Waals surface area (Å²) in [5.41, 5.74) is 1.48. The Labute approximate surface area is 250 Å². The largest absolute Gasteiger partial charge is 0.486 e. The number of halogens is 2. The van der Waals surface area contributed by atoms with E-state index in [0.717, 1.165) is 16.1 Å². The van der Waals surface area contributed by atoms with Crippen LogP contribution in [0.3, 0.4) is 0 Å². The second-order valence-corrected chi connectivity index (χ2v) is 12.1. The summed E-state index contributed by atoms with van der Waals surface area (Å²) >= 11 is 12.9. The summed E-state index contributed by atoms with van der Waals surface area (Å²) in [7, 11) is -3.94. The Bertz CT molecular complexity index is 1480. The molecule has 0 spiro atoms. The van der Waals surface area contributed by atoms with Crippen molar-refractivity contribution in [3.05, 3.63) is 87.9 Å². The van der Waals surface area contributed by atoms with Crippen LogP contribution in [-0.2, 0) is 32.6 Å². The maximum absolute atomic E-state index is 14.1. The zero-order chi connectivity index (χ0) is 29.6. The summed E-state index contributed by atoms with van der Waals surface area (Å²) in [4.78, 5) is 28.9. The van der Waals surface area contributed by atoms with Gasteiger partial charge in [-0.3, -0.25) is 13.9 Å². The third kappa shape index (κ3) is 7.63. The summed E-state index contributed by atoms with van der Waals surface area (Å²) in [6.45, 7) is 2.11. The van der Waals surface area contributed by atoms with Crippen LogP contribution >= 0.6 is 23.2 Å². The zero-order valence-electron chi connectivity index (χ0n) is 22.7. The Morgan fingerprint density at radius 3 is 2.24 bits per heavy atom. The minimum Gasteiger partial charge on any atom is -0.486 e. The van der Waals surface area contributed by atoms with E-state index in [2.05, 4.69) is 5.32 Å². The lowest BCUT2D eigenvalue weighted by Gasteiger charge is -2.34. The Morgan fingerprint density at radius 1 is 0.951 bits per heavy atom. The van der Waals surface area contributed by atoms with Gasteiger partial charge in [0.15, 0.2) is 11.5 Å². The van der Waals surface area contributed by atoms with Crippen LogP contribution in [0.2, 0.25) is 10.0 Å². The molecule has 0 saturated carbocycles. The molecule has 3 aromatic carbocycles. The van der Waals surface area contributed by atoms with E-state index in [1.54, 1.807) is 37.3 Å². The molecule has 0 fully saturated rings. The van der Waals surface area contributed by atoms with Crippen LogP contribution < -0.4 is 19.1 Å². The van der Waals surface area contributed by atoms with Gasteiger partial charge >= 0.3 is 0 Å². The summed E-state index contributed by atoms with van der Waals surface area (Å²) in [6, 6.07) is 17.9. The van der Waals surface area contributed by atoms with Gasteiger partial charge in [-0.1, -0.05) is 59.6 Å². The number of benzene rings is 3. The highest BCUT2D eigenvalue weighted by molar-refractivity contribution is 7.92. The SMILES string of the molecule is CCNC(=O)C(Cc1ccccc1)N(Cc1c(Cl)cccc1Cl)C(=O)CN(c1ccc2c(c1)OCCO2)S(C)(=O)=O. The molecule has 1 aliphatic heterocycles. The van der Waals surface area contributed by atoms with Crippen LogP contribution in [-0.4, -0.2) is 63.7 Å². The zero-order valence-corrected chi connectivity index (χ0v) is 25.0. The van der Waals surface area contributed by atoms with Crippen molar-refractivity contribution in [2.45, 2.75) is 25.9 Å². The molecule has 1 N–H and O–H groups in total. The Hall–Kier alpha value is -3.47. The molecule has 12 heteroatoms. The fraction of sp³-hybridized carbons (Fsp3) is 0.310. The number of nitrogens with one attached hydrogen (secondary N) is 1. The molecule has 0 aliphatic carbocycles. The molecule has 218 valence electrons. The number of fused-ring (bicyclic) bond motifs is 1. The second-order valence-electron chi connectivity index (χ2n) is 9.42. The topological polar surface area (TPSA) is 105 Å². The van der Waals surface area contributed by atoms with Gasteiger partial charge in [-0.15, -0.1) is 0 Å². The van der Waals surface area contributed by atoms with Gasteiger partial charge in [0.2, 0.25) is 21.8 Å². The molecule has 3 aromatic rings. The number of hydrogen-bond donors (Lipinski definition) is 1. The first-order chi connectivity index (χ1) is 19.6. The number of likely N-dealkylation sites (N-methyl/N-ethyl adjacent to an activating group) is 1. The second kappa shape index (κ2) is 13.5. The van der Waals surface area contributed by atoms with Crippen molar-refractivity contribution < 1.29 is 27.5 Å². The van der Waals surface area contributed by atoms with E-state index in [4.69, 9.17) is 32.7 Å². The Morgan fingerprint density at radius 2 is 1.61 bits per heavy atom. The molecule has 1 aliphatic rings. The molecule has 1 heterocycles. The number of rotatable bonds is 11. The smallest absolute Gasteiger partial charge is 0.244 e. The number of carbonyl (C=O) groups is 2. The summed E-state index contributed by atoms with van der Waals surface area (Å²) in [5, 5.41) is 3.44. The number of hydrogen-bond acceptors (Lipinski definition) is 6. The number of carbonyl (C=O) groups excluding carboxylic acids is 2. The fourth-order valence-corrected chi connectivity index (χ4v) is 5.86. The molecule has 0 radical (unpaired) electrons. The average Bonchev–Trinajstić information content (AvgIpc) is 2.94. The van der Waals surface area contributed by atoms with Gasteiger partial charge in [0.1, 0.15) is 25.8 Å². The lowest BCUT2D eigenvalue weighted by atomic mass is 10.0. The monoisotopic (exact) mass is 619 g/mol. The molecule has 4 rings (SSSR count). The van der Waals surface area contributed by atoms with Crippen LogP contribution in [0, 0.1) is 0 Å². The lowest BCUT2D eigenvalue weighted by Crippen LogP contribution is -2.53. The van der Waals surface area contributed by atoms with Crippen molar-refractivity contribution in [1.29, 1.82) is 0 Å². The molecule has 0 saturated heterocycles. The predicted molar refractivity (Wildman–Crippen MR) is 159 cm³/mol. The van der Waals surface area contributed by atoms with E-state index in [9.17, 15) is 18.0 Å². The first kappa shape index (κ1) is 30.5. The number of sulfonamides is 1. The van der Waals surface area contributed by atoms with Gasteiger partial charge in [0.25, 0.3) is 0 Å². The van der Waals surface area contributed by atoms with Crippen molar-refractivity contribution in [2.24, 2.45) is 0 Å². The minimum absolute atomic E-state index is 0.120. The minimum atomic E-state index is -3.94. The van der Waals surface area contributed by atoms with Gasteiger partial charge in [0.05, 0.1) is 11.9 Å². The molecule has 41 heavy (non-hydrogen) atoms. The van der Waals surface area contributed by atoms with Gasteiger partial charge in [-0.2, -0.15) is 0 Å².